The van der Waals surface area contributed by atoms with Crippen LogP contribution in [0.4, 0.5) is 0 Å². The molecule has 20 heavy (non-hydrogen) atoms. The predicted molar refractivity (Wildman–Crippen MR) is 82.6 cm³/mol. The van der Waals surface area contributed by atoms with Crippen LogP contribution in [0.15, 0.2) is 12.1 Å². The number of methoxy groups -OCH3 is 2. The fraction of sp³-hybridized carbons (Fsp3) is 0.647. The van der Waals surface area contributed by atoms with Gasteiger partial charge in [-0.15, -0.1) is 0 Å². The van der Waals surface area contributed by atoms with Gasteiger partial charge < -0.3 is 14.6 Å². The Labute approximate surface area is 122 Å². The Morgan fingerprint density at radius 3 is 2.20 bits per heavy atom. The van der Waals surface area contributed by atoms with Crippen molar-refractivity contribution in [3.63, 3.8) is 0 Å². The van der Waals surface area contributed by atoms with Crippen molar-refractivity contribution in [3.05, 3.63) is 23.3 Å². The predicted octanol–water partition coefficient (Wildman–Crippen LogP) is 4.41. The van der Waals surface area contributed by atoms with Crippen LogP contribution in [0.3, 0.4) is 0 Å². The van der Waals surface area contributed by atoms with Gasteiger partial charge >= 0.3 is 0 Å². The van der Waals surface area contributed by atoms with E-state index in [1.165, 1.54) is 25.7 Å². The lowest BCUT2D eigenvalue weighted by Crippen LogP contribution is -2.02. The topological polar surface area (TPSA) is 38.7 Å². The summed E-state index contributed by atoms with van der Waals surface area (Å²) in [6.07, 6.45) is 6.43. The molecule has 0 aliphatic heterocycles. The molecule has 0 radical (unpaired) electrons. The summed E-state index contributed by atoms with van der Waals surface area (Å²) in [5, 5.41) is 10.3. The van der Waals surface area contributed by atoms with Crippen LogP contribution in [0.25, 0.3) is 0 Å². The van der Waals surface area contributed by atoms with Crippen molar-refractivity contribution in [2.24, 2.45) is 0 Å². The van der Waals surface area contributed by atoms with Gasteiger partial charge in [-0.25, -0.2) is 0 Å². The molecule has 0 bridgehead atoms. The molecule has 0 aromatic heterocycles. The summed E-state index contributed by atoms with van der Waals surface area (Å²) in [6.45, 7) is 4.21. The van der Waals surface area contributed by atoms with E-state index in [0.717, 1.165) is 24.0 Å². The molecule has 0 heterocycles. The van der Waals surface area contributed by atoms with Gasteiger partial charge in [0.05, 0.1) is 20.3 Å². The summed E-state index contributed by atoms with van der Waals surface area (Å²) in [4.78, 5) is 0. The fourth-order valence-corrected chi connectivity index (χ4v) is 2.45. The second-order valence-electron chi connectivity index (χ2n) is 5.28. The summed E-state index contributed by atoms with van der Waals surface area (Å²) in [5.41, 5.74) is 1.99. The number of benzene rings is 1. The van der Waals surface area contributed by atoms with Crippen molar-refractivity contribution in [1.82, 2.24) is 0 Å². The number of hydrogen-bond acceptors (Lipinski definition) is 3. The number of aryl methyl sites for hydroxylation is 1. The highest BCUT2D eigenvalue weighted by Crippen LogP contribution is 2.34. The summed E-state index contributed by atoms with van der Waals surface area (Å²) in [7, 11) is 3.25. The van der Waals surface area contributed by atoms with Crippen LogP contribution in [0, 0.1) is 6.92 Å². The van der Waals surface area contributed by atoms with Crippen molar-refractivity contribution < 1.29 is 14.6 Å². The maximum atomic E-state index is 10.3. The van der Waals surface area contributed by atoms with Crippen LogP contribution >= 0.6 is 0 Å². The molecule has 1 aromatic carbocycles. The molecule has 1 atom stereocenters. The van der Waals surface area contributed by atoms with Crippen LogP contribution in [0.5, 0.6) is 11.5 Å². The van der Waals surface area contributed by atoms with E-state index < -0.39 is 6.10 Å². The van der Waals surface area contributed by atoms with Crippen LogP contribution in [-0.2, 0) is 0 Å². The molecule has 0 fully saturated rings. The minimum Gasteiger partial charge on any atom is -0.493 e. The smallest absolute Gasteiger partial charge is 0.161 e. The Bertz CT molecular complexity index is 401. The van der Waals surface area contributed by atoms with E-state index in [-0.39, 0.29) is 0 Å². The quantitative estimate of drug-likeness (QED) is 0.681. The third-order valence-corrected chi connectivity index (χ3v) is 3.71. The van der Waals surface area contributed by atoms with E-state index in [1.807, 2.05) is 19.1 Å². The first kappa shape index (κ1) is 16.8. The Kier molecular flexibility index (Phi) is 7.45. The average molecular weight is 280 g/mol. The molecule has 3 heteroatoms. The second kappa shape index (κ2) is 8.85. The highest BCUT2D eigenvalue weighted by molar-refractivity contribution is 5.47. The molecule has 114 valence electrons. The number of rotatable bonds is 9. The fourth-order valence-electron chi connectivity index (χ4n) is 2.45. The van der Waals surface area contributed by atoms with Crippen molar-refractivity contribution >= 4 is 0 Å². The number of unbranched alkanes of at least 4 members (excludes halogenated alkanes) is 4. The van der Waals surface area contributed by atoms with Crippen LogP contribution < -0.4 is 9.47 Å². The monoisotopic (exact) mass is 280 g/mol. The van der Waals surface area contributed by atoms with Gasteiger partial charge in [0.25, 0.3) is 0 Å². The van der Waals surface area contributed by atoms with Gasteiger partial charge in [-0.2, -0.15) is 0 Å². The lowest BCUT2D eigenvalue weighted by atomic mass is 9.98. The Balaban J connectivity index is 2.65. The zero-order chi connectivity index (χ0) is 15.0. The molecule has 0 aliphatic carbocycles. The molecule has 1 aromatic rings. The summed E-state index contributed by atoms with van der Waals surface area (Å²) in [5.74, 6) is 1.39. The number of ether oxygens (including phenoxy) is 2. The maximum Gasteiger partial charge on any atom is 0.161 e. The van der Waals surface area contributed by atoms with E-state index in [9.17, 15) is 5.11 Å². The molecule has 3 nitrogen and oxygen atoms in total. The standard InChI is InChI=1S/C17H28O3/c1-5-6-7-8-9-10-15(18)14-12-17(20-4)16(19-3)11-13(14)2/h11-12,15,18H,5-10H2,1-4H3. The van der Waals surface area contributed by atoms with Crippen LogP contribution in [0.2, 0.25) is 0 Å². The largest absolute Gasteiger partial charge is 0.493 e. The molecular formula is C17H28O3. The first-order valence-corrected chi connectivity index (χ1v) is 7.54. The number of hydrogen-bond donors (Lipinski definition) is 1. The highest BCUT2D eigenvalue weighted by atomic mass is 16.5. The molecule has 1 N–H and O–H groups in total. The van der Waals surface area contributed by atoms with Crippen LogP contribution in [0.1, 0.15) is 62.7 Å². The zero-order valence-corrected chi connectivity index (χ0v) is 13.2. The van der Waals surface area contributed by atoms with Gasteiger partial charge in [-0.1, -0.05) is 39.0 Å². The van der Waals surface area contributed by atoms with Crippen molar-refractivity contribution in [1.29, 1.82) is 0 Å². The van der Waals surface area contributed by atoms with E-state index in [1.54, 1.807) is 14.2 Å². The van der Waals surface area contributed by atoms with Gasteiger partial charge in [0.15, 0.2) is 11.5 Å². The molecule has 0 saturated heterocycles. The first-order valence-electron chi connectivity index (χ1n) is 7.54. The lowest BCUT2D eigenvalue weighted by Gasteiger charge is -2.17. The van der Waals surface area contributed by atoms with Crippen molar-refractivity contribution in [2.45, 2.75) is 58.5 Å². The minimum absolute atomic E-state index is 0.420. The summed E-state index contributed by atoms with van der Waals surface area (Å²) < 4.78 is 10.6. The molecule has 1 rings (SSSR count). The third-order valence-electron chi connectivity index (χ3n) is 3.71. The van der Waals surface area contributed by atoms with Crippen molar-refractivity contribution in [2.75, 3.05) is 14.2 Å². The van der Waals surface area contributed by atoms with Crippen molar-refractivity contribution in [3.8, 4) is 11.5 Å². The summed E-state index contributed by atoms with van der Waals surface area (Å²) in [6, 6.07) is 3.82. The van der Waals surface area contributed by atoms with E-state index in [4.69, 9.17) is 9.47 Å². The van der Waals surface area contributed by atoms with E-state index in [2.05, 4.69) is 6.92 Å². The van der Waals surface area contributed by atoms with Gasteiger partial charge in [-0.05, 0) is 36.6 Å². The van der Waals surface area contributed by atoms with E-state index in [0.29, 0.717) is 11.5 Å². The van der Waals surface area contributed by atoms with Gasteiger partial charge in [0.2, 0.25) is 0 Å². The normalized spacial score (nSPS) is 12.2. The third kappa shape index (κ3) is 4.71. The summed E-state index contributed by atoms with van der Waals surface area (Å²) >= 11 is 0. The van der Waals surface area contributed by atoms with Gasteiger partial charge in [0, 0.05) is 0 Å². The molecule has 0 saturated carbocycles. The maximum absolute atomic E-state index is 10.3. The van der Waals surface area contributed by atoms with Gasteiger partial charge in [0.1, 0.15) is 0 Å². The zero-order valence-electron chi connectivity index (χ0n) is 13.2. The SMILES string of the molecule is CCCCCCCC(O)c1cc(OC)c(OC)cc1C. The Hall–Kier alpha value is -1.22. The lowest BCUT2D eigenvalue weighted by molar-refractivity contribution is 0.162. The molecule has 0 spiro atoms. The Morgan fingerprint density at radius 2 is 1.60 bits per heavy atom. The average Bonchev–Trinajstić information content (AvgIpc) is 2.46. The van der Waals surface area contributed by atoms with E-state index >= 15 is 0 Å². The molecular weight excluding hydrogens is 252 g/mol. The second-order valence-corrected chi connectivity index (χ2v) is 5.28. The highest BCUT2D eigenvalue weighted by Gasteiger charge is 2.14. The first-order chi connectivity index (χ1) is 9.63. The molecule has 0 amide bonds. The molecule has 1 unspecified atom stereocenters. The molecule has 0 aliphatic rings. The minimum atomic E-state index is -0.420. The number of aliphatic hydroxyl groups is 1. The van der Waals surface area contributed by atoms with Gasteiger partial charge in [-0.3, -0.25) is 0 Å². The number of aliphatic hydroxyl groups excluding tert-OH is 1. The Morgan fingerprint density at radius 1 is 1.00 bits per heavy atom. The van der Waals surface area contributed by atoms with Crippen LogP contribution in [-0.4, -0.2) is 19.3 Å².